The monoisotopic (exact) mass is 269 g/mol. The van der Waals surface area contributed by atoms with E-state index in [0.29, 0.717) is 17.9 Å². The SMILES string of the molecule is Cc1ccc2ccn(Cc3cc(C(=O)NN)co3)c2c1. The van der Waals surface area contributed by atoms with E-state index in [1.165, 1.54) is 17.2 Å². The fourth-order valence-electron chi connectivity index (χ4n) is 2.27. The number of carbonyl (C=O) groups excluding carboxylic acids is 1. The Balaban J connectivity index is 1.91. The van der Waals surface area contributed by atoms with Gasteiger partial charge in [0.25, 0.3) is 5.91 Å². The number of fused-ring (bicyclic) bond motifs is 1. The van der Waals surface area contributed by atoms with Crippen molar-refractivity contribution in [1.29, 1.82) is 0 Å². The fourth-order valence-corrected chi connectivity index (χ4v) is 2.27. The first-order chi connectivity index (χ1) is 9.67. The topological polar surface area (TPSA) is 73.2 Å². The van der Waals surface area contributed by atoms with Crippen molar-refractivity contribution in [3.8, 4) is 0 Å². The first kappa shape index (κ1) is 12.5. The van der Waals surface area contributed by atoms with Gasteiger partial charge >= 0.3 is 0 Å². The number of aromatic nitrogens is 1. The summed E-state index contributed by atoms with van der Waals surface area (Å²) in [5, 5.41) is 1.18. The molecule has 0 fully saturated rings. The molecular weight excluding hydrogens is 254 g/mol. The first-order valence-electron chi connectivity index (χ1n) is 6.31. The van der Waals surface area contributed by atoms with Crippen LogP contribution >= 0.6 is 0 Å². The largest absolute Gasteiger partial charge is 0.467 e. The number of nitrogens with one attached hydrogen (secondary N) is 1. The number of hydrazine groups is 1. The molecule has 2 aromatic heterocycles. The number of benzene rings is 1. The van der Waals surface area contributed by atoms with Crippen LogP contribution in [0.1, 0.15) is 21.7 Å². The van der Waals surface area contributed by atoms with Crippen LogP contribution in [-0.2, 0) is 6.54 Å². The number of furan rings is 1. The van der Waals surface area contributed by atoms with E-state index in [9.17, 15) is 4.79 Å². The van der Waals surface area contributed by atoms with Gasteiger partial charge in [0, 0.05) is 11.7 Å². The summed E-state index contributed by atoms with van der Waals surface area (Å²) < 4.78 is 7.49. The maximum Gasteiger partial charge on any atom is 0.268 e. The highest BCUT2D eigenvalue weighted by molar-refractivity contribution is 5.93. The van der Waals surface area contributed by atoms with Crippen molar-refractivity contribution in [2.45, 2.75) is 13.5 Å². The van der Waals surface area contributed by atoms with Gasteiger partial charge in [-0.1, -0.05) is 12.1 Å². The van der Waals surface area contributed by atoms with E-state index in [0.717, 1.165) is 5.52 Å². The lowest BCUT2D eigenvalue weighted by atomic mass is 10.2. The quantitative estimate of drug-likeness (QED) is 0.435. The van der Waals surface area contributed by atoms with Crippen LogP contribution in [0, 0.1) is 6.92 Å². The van der Waals surface area contributed by atoms with Gasteiger partial charge in [0.05, 0.1) is 12.1 Å². The summed E-state index contributed by atoms with van der Waals surface area (Å²) in [5.74, 6) is 5.45. The molecule has 1 aromatic carbocycles. The van der Waals surface area contributed by atoms with Crippen molar-refractivity contribution in [2.75, 3.05) is 0 Å². The van der Waals surface area contributed by atoms with Gasteiger partial charge in [0.1, 0.15) is 12.0 Å². The average Bonchev–Trinajstić information content (AvgIpc) is 3.06. The zero-order chi connectivity index (χ0) is 14.1. The third-order valence-electron chi connectivity index (χ3n) is 3.30. The van der Waals surface area contributed by atoms with E-state index in [1.807, 2.05) is 6.20 Å². The Bertz CT molecular complexity index is 770. The van der Waals surface area contributed by atoms with E-state index in [1.54, 1.807) is 6.07 Å². The molecule has 2 heterocycles. The lowest BCUT2D eigenvalue weighted by Gasteiger charge is -2.03. The first-order valence-corrected chi connectivity index (χ1v) is 6.31. The number of carbonyl (C=O) groups is 1. The van der Waals surface area contributed by atoms with Crippen molar-refractivity contribution in [2.24, 2.45) is 5.84 Å². The number of nitrogens with two attached hydrogens (primary N) is 1. The van der Waals surface area contributed by atoms with E-state index < -0.39 is 0 Å². The highest BCUT2D eigenvalue weighted by Gasteiger charge is 2.10. The van der Waals surface area contributed by atoms with Gasteiger partial charge < -0.3 is 8.98 Å². The molecular formula is C15H15N3O2. The van der Waals surface area contributed by atoms with Gasteiger partial charge in [-0.15, -0.1) is 0 Å². The molecule has 0 aliphatic carbocycles. The number of nitrogen functional groups attached to an aromatic ring is 1. The average molecular weight is 269 g/mol. The summed E-state index contributed by atoms with van der Waals surface area (Å²) in [6, 6.07) is 10.1. The van der Waals surface area contributed by atoms with E-state index in [4.69, 9.17) is 10.3 Å². The second kappa shape index (κ2) is 4.86. The predicted molar refractivity (Wildman–Crippen MR) is 76.1 cm³/mol. The van der Waals surface area contributed by atoms with Crippen LogP contribution in [0.4, 0.5) is 0 Å². The molecule has 102 valence electrons. The Morgan fingerprint density at radius 2 is 2.20 bits per heavy atom. The van der Waals surface area contributed by atoms with Gasteiger partial charge in [0.2, 0.25) is 0 Å². The van der Waals surface area contributed by atoms with E-state index in [-0.39, 0.29) is 5.91 Å². The summed E-state index contributed by atoms with van der Waals surface area (Å²) in [7, 11) is 0. The molecule has 20 heavy (non-hydrogen) atoms. The zero-order valence-electron chi connectivity index (χ0n) is 11.1. The molecule has 0 saturated heterocycles. The van der Waals surface area contributed by atoms with Crippen LogP contribution in [0.2, 0.25) is 0 Å². The normalized spacial score (nSPS) is 10.9. The molecule has 0 radical (unpaired) electrons. The minimum Gasteiger partial charge on any atom is -0.467 e. The van der Waals surface area contributed by atoms with Crippen molar-refractivity contribution in [3.63, 3.8) is 0 Å². The van der Waals surface area contributed by atoms with Crippen molar-refractivity contribution in [1.82, 2.24) is 9.99 Å². The summed E-state index contributed by atoms with van der Waals surface area (Å²) in [6.45, 7) is 2.64. The van der Waals surface area contributed by atoms with Crippen LogP contribution < -0.4 is 11.3 Å². The predicted octanol–water partition coefficient (Wildman–Crippen LogP) is 2.19. The Labute approximate surface area is 115 Å². The maximum atomic E-state index is 11.4. The molecule has 5 heteroatoms. The number of rotatable bonds is 3. The van der Waals surface area contributed by atoms with Crippen LogP contribution in [0.25, 0.3) is 10.9 Å². The lowest BCUT2D eigenvalue weighted by molar-refractivity contribution is 0.0953. The molecule has 0 spiro atoms. The molecule has 0 aliphatic rings. The molecule has 0 bridgehead atoms. The number of aryl methyl sites for hydroxylation is 1. The highest BCUT2D eigenvalue weighted by atomic mass is 16.3. The fraction of sp³-hybridized carbons (Fsp3) is 0.133. The van der Waals surface area contributed by atoms with Crippen molar-refractivity contribution >= 4 is 16.8 Å². The molecule has 5 nitrogen and oxygen atoms in total. The van der Waals surface area contributed by atoms with Crippen LogP contribution in [0.5, 0.6) is 0 Å². The molecule has 0 unspecified atom stereocenters. The second-order valence-corrected chi connectivity index (χ2v) is 4.78. The number of amides is 1. The summed E-state index contributed by atoms with van der Waals surface area (Å²) in [5.41, 5.74) is 4.86. The third kappa shape index (κ3) is 2.19. The van der Waals surface area contributed by atoms with Gasteiger partial charge in [-0.3, -0.25) is 10.2 Å². The summed E-state index contributed by atoms with van der Waals surface area (Å²) in [4.78, 5) is 11.4. The Hall–Kier alpha value is -2.53. The van der Waals surface area contributed by atoms with Gasteiger partial charge in [0.15, 0.2) is 0 Å². The molecule has 0 atom stereocenters. The van der Waals surface area contributed by atoms with Gasteiger partial charge in [-0.25, -0.2) is 5.84 Å². The van der Waals surface area contributed by atoms with Crippen molar-refractivity contribution < 1.29 is 9.21 Å². The molecule has 3 N–H and O–H groups in total. The molecule has 0 aliphatic heterocycles. The number of hydrogen-bond acceptors (Lipinski definition) is 3. The minimum absolute atomic E-state index is 0.354. The standard InChI is InChI=1S/C15H15N3O2/c1-10-2-3-11-4-5-18(14(11)6-10)8-13-7-12(9-20-13)15(19)17-16/h2-7,9H,8,16H2,1H3,(H,17,19). The zero-order valence-corrected chi connectivity index (χ0v) is 11.1. The Morgan fingerprint density at radius 3 is 3.00 bits per heavy atom. The third-order valence-corrected chi connectivity index (χ3v) is 3.30. The Kier molecular flexibility index (Phi) is 3.04. The van der Waals surface area contributed by atoms with Gasteiger partial charge in [-0.2, -0.15) is 0 Å². The smallest absolute Gasteiger partial charge is 0.268 e. The van der Waals surface area contributed by atoms with Crippen LogP contribution in [-0.4, -0.2) is 10.5 Å². The lowest BCUT2D eigenvalue weighted by Crippen LogP contribution is -2.29. The molecule has 3 aromatic rings. The van der Waals surface area contributed by atoms with E-state index >= 15 is 0 Å². The highest BCUT2D eigenvalue weighted by Crippen LogP contribution is 2.19. The Morgan fingerprint density at radius 1 is 1.35 bits per heavy atom. The van der Waals surface area contributed by atoms with Crippen LogP contribution in [0.3, 0.4) is 0 Å². The number of nitrogens with zero attached hydrogens (tertiary/aromatic N) is 1. The molecule has 3 rings (SSSR count). The minimum atomic E-state index is -0.354. The van der Waals surface area contributed by atoms with Crippen molar-refractivity contribution in [3.05, 3.63) is 59.7 Å². The van der Waals surface area contributed by atoms with E-state index in [2.05, 4.69) is 41.2 Å². The number of hydrogen-bond donors (Lipinski definition) is 2. The maximum absolute atomic E-state index is 11.4. The summed E-state index contributed by atoms with van der Waals surface area (Å²) in [6.07, 6.45) is 3.42. The molecule has 0 saturated carbocycles. The molecule has 1 amide bonds. The summed E-state index contributed by atoms with van der Waals surface area (Å²) >= 11 is 0. The van der Waals surface area contributed by atoms with Crippen LogP contribution in [0.15, 0.2) is 47.2 Å². The second-order valence-electron chi connectivity index (χ2n) is 4.78. The van der Waals surface area contributed by atoms with Gasteiger partial charge in [-0.05, 0) is 36.1 Å².